The number of nitrogens with zero attached hydrogens (tertiary/aromatic N) is 2. The van der Waals surface area contributed by atoms with E-state index in [9.17, 15) is 4.79 Å². The van der Waals surface area contributed by atoms with Crippen molar-refractivity contribution in [1.29, 1.82) is 0 Å². The van der Waals surface area contributed by atoms with Gasteiger partial charge in [0.1, 0.15) is 0 Å². The Labute approximate surface area is 60.4 Å². The largest absolute Gasteiger partial charge is 0.280 e. The topological polar surface area (TPSA) is 34.9 Å². The summed E-state index contributed by atoms with van der Waals surface area (Å²) in [6.07, 6.45) is 1.56. The van der Waals surface area contributed by atoms with Crippen molar-refractivity contribution in [2.75, 3.05) is 0 Å². The average molecular weight is 189 g/mol. The van der Waals surface area contributed by atoms with E-state index in [-0.39, 0.29) is 5.56 Å². The first-order valence-corrected chi connectivity index (χ1v) is 3.19. The highest BCUT2D eigenvalue weighted by Crippen LogP contribution is 1.96. The molecule has 1 aromatic heterocycles. The number of aryl methyl sites for hydroxylation is 1. The van der Waals surface area contributed by atoms with E-state index >= 15 is 0 Å². The Balaban J connectivity index is 3.43. The van der Waals surface area contributed by atoms with Crippen molar-refractivity contribution in [1.82, 2.24) is 9.78 Å². The Morgan fingerprint density at radius 1 is 1.78 bits per heavy atom. The maximum Gasteiger partial charge on any atom is 0.280 e. The zero-order valence-electron chi connectivity index (χ0n) is 4.84. The first-order valence-electron chi connectivity index (χ1n) is 2.39. The maximum absolute atomic E-state index is 10.8. The van der Waals surface area contributed by atoms with Crippen LogP contribution in [-0.4, -0.2) is 9.78 Å². The van der Waals surface area contributed by atoms with E-state index in [0.717, 1.165) is 0 Å². The molecule has 0 saturated heterocycles. The molecular weight excluding hydrogens is 184 g/mol. The third-order valence-electron chi connectivity index (χ3n) is 0.959. The van der Waals surface area contributed by atoms with Gasteiger partial charge in [0.25, 0.3) is 5.56 Å². The van der Waals surface area contributed by atoms with Crippen molar-refractivity contribution < 1.29 is 0 Å². The molecule has 0 fully saturated rings. The van der Waals surface area contributed by atoms with Crippen LogP contribution in [0.1, 0.15) is 0 Å². The molecule has 0 bridgehead atoms. The number of rotatable bonds is 0. The van der Waals surface area contributed by atoms with E-state index in [2.05, 4.69) is 21.0 Å². The number of aromatic nitrogens is 2. The second-order valence-electron chi connectivity index (χ2n) is 1.61. The van der Waals surface area contributed by atoms with Gasteiger partial charge in [0.2, 0.25) is 0 Å². The van der Waals surface area contributed by atoms with Crippen molar-refractivity contribution in [3.63, 3.8) is 0 Å². The second-order valence-corrected chi connectivity index (χ2v) is 2.46. The molecule has 1 heterocycles. The minimum Gasteiger partial charge on any atom is -0.267 e. The quantitative estimate of drug-likeness (QED) is 0.597. The molecule has 48 valence electrons. The summed E-state index contributed by atoms with van der Waals surface area (Å²) in [4.78, 5) is 10.8. The normalized spacial score (nSPS) is 9.56. The van der Waals surface area contributed by atoms with Crippen LogP contribution in [0.5, 0.6) is 0 Å². The summed E-state index contributed by atoms with van der Waals surface area (Å²) in [6.45, 7) is 0. The van der Waals surface area contributed by atoms with Gasteiger partial charge in [-0.3, -0.25) is 4.79 Å². The molecule has 1 rings (SSSR count). The third-order valence-corrected chi connectivity index (χ3v) is 1.56. The lowest BCUT2D eigenvalue weighted by Crippen LogP contribution is -2.18. The van der Waals surface area contributed by atoms with Crippen molar-refractivity contribution in [3.05, 3.63) is 27.1 Å². The van der Waals surface area contributed by atoms with Crippen LogP contribution in [-0.2, 0) is 7.05 Å². The van der Waals surface area contributed by atoms with Crippen LogP contribution < -0.4 is 5.56 Å². The standard InChI is InChI=1S/C5H5BrN2O/c1-8-5(9)4(6)2-3-7-8/h2-3H,1H3. The molecule has 4 heteroatoms. The van der Waals surface area contributed by atoms with E-state index in [1.807, 2.05) is 0 Å². The summed E-state index contributed by atoms with van der Waals surface area (Å²) in [5, 5.41) is 3.71. The van der Waals surface area contributed by atoms with Crippen LogP contribution in [0.15, 0.2) is 21.5 Å². The molecule has 0 aliphatic heterocycles. The predicted octanol–water partition coefficient (Wildman–Crippen LogP) is 0.543. The molecular formula is C5H5BrN2O. The van der Waals surface area contributed by atoms with E-state index < -0.39 is 0 Å². The monoisotopic (exact) mass is 188 g/mol. The molecule has 0 unspecified atom stereocenters. The van der Waals surface area contributed by atoms with Gasteiger partial charge in [-0.1, -0.05) is 0 Å². The minimum atomic E-state index is -0.113. The van der Waals surface area contributed by atoms with Crippen LogP contribution >= 0.6 is 15.9 Å². The van der Waals surface area contributed by atoms with Crippen LogP contribution in [0.2, 0.25) is 0 Å². The lowest BCUT2D eigenvalue weighted by atomic mass is 10.6. The SMILES string of the molecule is Cn1nccc(Br)c1=O. The van der Waals surface area contributed by atoms with Gasteiger partial charge in [-0.15, -0.1) is 0 Å². The molecule has 0 saturated carbocycles. The summed E-state index contributed by atoms with van der Waals surface area (Å²) >= 11 is 3.07. The van der Waals surface area contributed by atoms with Gasteiger partial charge in [-0.05, 0) is 22.0 Å². The highest BCUT2D eigenvalue weighted by molar-refractivity contribution is 9.10. The third kappa shape index (κ3) is 1.18. The molecule has 0 amide bonds. The van der Waals surface area contributed by atoms with Gasteiger partial charge < -0.3 is 0 Å². The van der Waals surface area contributed by atoms with Gasteiger partial charge in [-0.25, -0.2) is 4.68 Å². The summed E-state index contributed by atoms with van der Waals surface area (Å²) in [7, 11) is 1.60. The Hall–Kier alpha value is -0.640. The van der Waals surface area contributed by atoms with Gasteiger partial charge in [0.15, 0.2) is 0 Å². The molecule has 0 spiro atoms. The van der Waals surface area contributed by atoms with E-state index in [1.54, 1.807) is 19.3 Å². The van der Waals surface area contributed by atoms with Crippen molar-refractivity contribution in [3.8, 4) is 0 Å². The lowest BCUT2D eigenvalue weighted by Gasteiger charge is -1.92. The average Bonchev–Trinajstić information content (AvgIpc) is 1.83. The first-order chi connectivity index (χ1) is 4.22. The Morgan fingerprint density at radius 2 is 2.44 bits per heavy atom. The van der Waals surface area contributed by atoms with E-state index in [4.69, 9.17) is 0 Å². The number of hydrogen-bond acceptors (Lipinski definition) is 2. The van der Waals surface area contributed by atoms with Gasteiger partial charge in [0, 0.05) is 13.2 Å². The highest BCUT2D eigenvalue weighted by Gasteiger charge is 1.93. The van der Waals surface area contributed by atoms with Crippen molar-refractivity contribution >= 4 is 15.9 Å². The van der Waals surface area contributed by atoms with Crippen LogP contribution in [0, 0.1) is 0 Å². The Bertz CT molecular complexity index is 245. The van der Waals surface area contributed by atoms with Crippen molar-refractivity contribution in [2.24, 2.45) is 7.05 Å². The summed E-state index contributed by atoms with van der Waals surface area (Å²) in [5.74, 6) is 0. The fourth-order valence-corrected chi connectivity index (χ4v) is 0.852. The minimum absolute atomic E-state index is 0.113. The summed E-state index contributed by atoms with van der Waals surface area (Å²) in [5.41, 5.74) is -0.113. The van der Waals surface area contributed by atoms with Crippen LogP contribution in [0.4, 0.5) is 0 Å². The molecule has 0 aliphatic carbocycles. The summed E-state index contributed by atoms with van der Waals surface area (Å²) < 4.78 is 1.81. The molecule has 0 aliphatic rings. The molecule has 0 N–H and O–H groups in total. The molecule has 9 heavy (non-hydrogen) atoms. The van der Waals surface area contributed by atoms with Crippen LogP contribution in [0.25, 0.3) is 0 Å². The second kappa shape index (κ2) is 2.31. The zero-order chi connectivity index (χ0) is 6.85. The zero-order valence-corrected chi connectivity index (χ0v) is 6.42. The van der Waals surface area contributed by atoms with Crippen molar-refractivity contribution in [2.45, 2.75) is 0 Å². The lowest BCUT2D eigenvalue weighted by molar-refractivity contribution is 0.702. The van der Waals surface area contributed by atoms with E-state index in [0.29, 0.717) is 4.47 Å². The molecule has 1 aromatic rings. The fraction of sp³-hybridized carbons (Fsp3) is 0.200. The number of hydrogen-bond donors (Lipinski definition) is 0. The Kier molecular flexibility index (Phi) is 1.66. The van der Waals surface area contributed by atoms with Crippen LogP contribution in [0.3, 0.4) is 0 Å². The molecule has 3 nitrogen and oxygen atoms in total. The van der Waals surface area contributed by atoms with Gasteiger partial charge in [-0.2, -0.15) is 5.10 Å². The molecule has 0 atom stereocenters. The Morgan fingerprint density at radius 3 is 2.89 bits per heavy atom. The maximum atomic E-state index is 10.8. The molecule has 0 radical (unpaired) electrons. The fourth-order valence-electron chi connectivity index (χ4n) is 0.477. The van der Waals surface area contributed by atoms with Gasteiger partial charge >= 0.3 is 0 Å². The highest BCUT2D eigenvalue weighted by atomic mass is 79.9. The predicted molar refractivity (Wildman–Crippen MR) is 37.2 cm³/mol. The summed E-state index contributed by atoms with van der Waals surface area (Å²) in [6, 6.07) is 1.61. The smallest absolute Gasteiger partial charge is 0.267 e. The van der Waals surface area contributed by atoms with E-state index in [1.165, 1.54) is 4.68 Å². The molecule has 0 aromatic carbocycles. The first kappa shape index (κ1) is 6.48. The van der Waals surface area contributed by atoms with Gasteiger partial charge in [0.05, 0.1) is 4.47 Å². The number of halogens is 1.